The van der Waals surface area contributed by atoms with Gasteiger partial charge in [0.25, 0.3) is 0 Å². The Balaban J connectivity index is 3.23. The molecule has 1 nitrogen and oxygen atoms in total. The van der Waals surface area contributed by atoms with Gasteiger partial charge in [-0.05, 0) is 29.7 Å². The molecule has 0 fully saturated rings. The number of hydrogen-bond donors (Lipinski definition) is 0. The molecule has 0 unspecified atom stereocenters. The molecule has 0 N–H and O–H groups in total. The maximum atomic E-state index is 12.5. The van der Waals surface area contributed by atoms with Crippen LogP contribution in [0.1, 0.15) is 30.9 Å². The second-order valence-electron chi connectivity index (χ2n) is 3.65. The molecule has 0 aliphatic rings. The Bertz CT molecular complexity index is 342. The highest BCUT2D eigenvalue weighted by atomic mass is 19.4. The minimum atomic E-state index is -4.32. The highest BCUT2D eigenvalue weighted by Crippen LogP contribution is 2.34. The summed E-state index contributed by atoms with van der Waals surface area (Å²) >= 11 is 0. The number of hydrogen-bond acceptors (Lipinski definition) is 1. The fraction of sp³-hybridized carbons (Fsp3) is 0.455. The SMILES string of the molecule is COc1cc(C(C)C)cc(C(F)(F)F)c1. The van der Waals surface area contributed by atoms with Crippen molar-refractivity contribution >= 4 is 0 Å². The molecule has 0 heterocycles. The lowest BCUT2D eigenvalue weighted by Gasteiger charge is -2.13. The van der Waals surface area contributed by atoms with Crippen LogP contribution in [0.3, 0.4) is 0 Å². The van der Waals surface area contributed by atoms with Gasteiger partial charge in [-0.15, -0.1) is 0 Å². The normalized spacial score (nSPS) is 11.9. The molecule has 0 atom stereocenters. The van der Waals surface area contributed by atoms with Crippen molar-refractivity contribution in [1.82, 2.24) is 0 Å². The fourth-order valence-electron chi connectivity index (χ4n) is 1.24. The van der Waals surface area contributed by atoms with Crippen molar-refractivity contribution in [1.29, 1.82) is 0 Å². The van der Waals surface area contributed by atoms with Crippen molar-refractivity contribution in [3.05, 3.63) is 29.3 Å². The molecule has 0 aliphatic heterocycles. The highest BCUT2D eigenvalue weighted by molar-refractivity contribution is 5.37. The summed E-state index contributed by atoms with van der Waals surface area (Å²) in [5, 5.41) is 0. The van der Waals surface area contributed by atoms with Crippen LogP contribution < -0.4 is 4.74 Å². The van der Waals surface area contributed by atoms with Crippen LogP contribution >= 0.6 is 0 Å². The Morgan fingerprint density at radius 2 is 1.73 bits per heavy atom. The van der Waals surface area contributed by atoms with Crippen LogP contribution in [0.5, 0.6) is 5.75 Å². The van der Waals surface area contributed by atoms with Gasteiger partial charge in [-0.1, -0.05) is 13.8 Å². The first-order valence-corrected chi connectivity index (χ1v) is 4.60. The summed E-state index contributed by atoms with van der Waals surface area (Å²) in [4.78, 5) is 0. The monoisotopic (exact) mass is 218 g/mol. The molecule has 1 aromatic carbocycles. The largest absolute Gasteiger partial charge is 0.497 e. The van der Waals surface area contributed by atoms with Crippen molar-refractivity contribution in [2.75, 3.05) is 7.11 Å². The van der Waals surface area contributed by atoms with Crippen LogP contribution in [0.2, 0.25) is 0 Å². The zero-order valence-electron chi connectivity index (χ0n) is 8.85. The zero-order chi connectivity index (χ0) is 11.6. The third kappa shape index (κ3) is 2.88. The molecular formula is C11H13F3O. The predicted octanol–water partition coefficient (Wildman–Crippen LogP) is 3.84. The second kappa shape index (κ2) is 4.13. The van der Waals surface area contributed by atoms with E-state index >= 15 is 0 Å². The van der Waals surface area contributed by atoms with E-state index in [9.17, 15) is 13.2 Å². The van der Waals surface area contributed by atoms with E-state index in [4.69, 9.17) is 4.74 Å². The van der Waals surface area contributed by atoms with Gasteiger partial charge in [0.15, 0.2) is 0 Å². The van der Waals surface area contributed by atoms with E-state index < -0.39 is 11.7 Å². The Morgan fingerprint density at radius 1 is 1.13 bits per heavy atom. The van der Waals surface area contributed by atoms with E-state index in [1.165, 1.54) is 7.11 Å². The number of ether oxygens (including phenoxy) is 1. The average molecular weight is 218 g/mol. The Hall–Kier alpha value is -1.19. The Labute approximate surface area is 86.9 Å². The van der Waals surface area contributed by atoms with Gasteiger partial charge in [-0.3, -0.25) is 0 Å². The number of benzene rings is 1. The van der Waals surface area contributed by atoms with Crippen molar-refractivity contribution in [2.45, 2.75) is 25.9 Å². The van der Waals surface area contributed by atoms with Gasteiger partial charge < -0.3 is 4.74 Å². The van der Waals surface area contributed by atoms with E-state index in [2.05, 4.69) is 0 Å². The summed E-state index contributed by atoms with van der Waals surface area (Å²) in [6.45, 7) is 3.68. The van der Waals surface area contributed by atoms with E-state index in [0.29, 0.717) is 5.56 Å². The molecule has 0 aromatic heterocycles. The Kier molecular flexibility index (Phi) is 3.27. The lowest BCUT2D eigenvalue weighted by Crippen LogP contribution is -2.06. The van der Waals surface area contributed by atoms with Crippen molar-refractivity contribution in [3.8, 4) is 5.75 Å². The first kappa shape index (κ1) is 11.9. The molecule has 15 heavy (non-hydrogen) atoms. The van der Waals surface area contributed by atoms with Crippen LogP contribution in [0.4, 0.5) is 13.2 Å². The van der Waals surface area contributed by atoms with Crippen LogP contribution in [-0.4, -0.2) is 7.11 Å². The van der Waals surface area contributed by atoms with Gasteiger partial charge in [0.05, 0.1) is 12.7 Å². The number of methoxy groups -OCH3 is 1. The molecule has 4 heteroatoms. The molecule has 1 rings (SSSR count). The Morgan fingerprint density at radius 3 is 2.13 bits per heavy atom. The van der Waals surface area contributed by atoms with Crippen LogP contribution in [-0.2, 0) is 6.18 Å². The smallest absolute Gasteiger partial charge is 0.416 e. The first-order valence-electron chi connectivity index (χ1n) is 4.60. The van der Waals surface area contributed by atoms with Gasteiger partial charge in [0, 0.05) is 0 Å². The number of alkyl halides is 3. The van der Waals surface area contributed by atoms with E-state index in [1.54, 1.807) is 6.07 Å². The maximum Gasteiger partial charge on any atom is 0.416 e. The van der Waals surface area contributed by atoms with Gasteiger partial charge in [0.2, 0.25) is 0 Å². The quantitative estimate of drug-likeness (QED) is 0.732. The van der Waals surface area contributed by atoms with E-state index in [0.717, 1.165) is 12.1 Å². The zero-order valence-corrected chi connectivity index (χ0v) is 8.85. The number of halogens is 3. The highest BCUT2D eigenvalue weighted by Gasteiger charge is 2.31. The summed E-state index contributed by atoms with van der Waals surface area (Å²) in [5.74, 6) is 0.287. The summed E-state index contributed by atoms with van der Waals surface area (Å²) < 4.78 is 42.3. The van der Waals surface area contributed by atoms with Crippen molar-refractivity contribution < 1.29 is 17.9 Å². The van der Waals surface area contributed by atoms with Crippen molar-refractivity contribution in [3.63, 3.8) is 0 Å². The van der Waals surface area contributed by atoms with Gasteiger partial charge in [0.1, 0.15) is 5.75 Å². The minimum Gasteiger partial charge on any atom is -0.497 e. The van der Waals surface area contributed by atoms with E-state index in [-0.39, 0.29) is 11.7 Å². The minimum absolute atomic E-state index is 0.0428. The third-order valence-electron chi connectivity index (χ3n) is 2.16. The summed E-state index contributed by atoms with van der Waals surface area (Å²) in [6.07, 6.45) is -4.32. The van der Waals surface area contributed by atoms with Gasteiger partial charge in [-0.2, -0.15) is 13.2 Å². The standard InChI is InChI=1S/C11H13F3O/c1-7(2)8-4-9(11(12,13)14)6-10(5-8)15-3/h4-7H,1-3H3. The topological polar surface area (TPSA) is 9.23 Å². The second-order valence-corrected chi connectivity index (χ2v) is 3.65. The lowest BCUT2D eigenvalue weighted by molar-refractivity contribution is -0.137. The van der Waals surface area contributed by atoms with Crippen molar-refractivity contribution in [2.24, 2.45) is 0 Å². The molecule has 0 saturated heterocycles. The average Bonchev–Trinajstić information content (AvgIpc) is 2.15. The first-order chi connectivity index (χ1) is 6.84. The maximum absolute atomic E-state index is 12.5. The fourth-order valence-corrected chi connectivity index (χ4v) is 1.24. The lowest BCUT2D eigenvalue weighted by atomic mass is 10.00. The predicted molar refractivity (Wildman–Crippen MR) is 52.1 cm³/mol. The summed E-state index contributed by atoms with van der Waals surface area (Å²) in [6, 6.07) is 3.79. The third-order valence-corrected chi connectivity index (χ3v) is 2.16. The molecule has 0 bridgehead atoms. The van der Waals surface area contributed by atoms with Crippen LogP contribution in [0, 0.1) is 0 Å². The molecule has 0 saturated carbocycles. The van der Waals surface area contributed by atoms with E-state index in [1.807, 2.05) is 13.8 Å². The summed E-state index contributed by atoms with van der Waals surface area (Å²) in [7, 11) is 1.36. The molecule has 84 valence electrons. The molecule has 1 aromatic rings. The molecule has 0 amide bonds. The molecule has 0 aliphatic carbocycles. The molecule has 0 spiro atoms. The molecular weight excluding hydrogens is 205 g/mol. The number of rotatable bonds is 2. The molecule has 0 radical (unpaired) electrons. The van der Waals surface area contributed by atoms with Crippen LogP contribution in [0.15, 0.2) is 18.2 Å². The van der Waals surface area contributed by atoms with Gasteiger partial charge >= 0.3 is 6.18 Å². The summed E-state index contributed by atoms with van der Waals surface area (Å²) in [5.41, 5.74) is -0.0350. The van der Waals surface area contributed by atoms with Gasteiger partial charge in [-0.25, -0.2) is 0 Å². The van der Waals surface area contributed by atoms with Crippen LogP contribution in [0.25, 0.3) is 0 Å².